The zero-order valence-corrected chi connectivity index (χ0v) is 17.8. The van der Waals surface area contributed by atoms with E-state index in [-0.39, 0.29) is 12.5 Å². The Bertz CT molecular complexity index is 1250. The van der Waals surface area contributed by atoms with Gasteiger partial charge in [0.05, 0.1) is 5.69 Å². The van der Waals surface area contributed by atoms with Gasteiger partial charge in [0.15, 0.2) is 5.65 Å². The van der Waals surface area contributed by atoms with Crippen molar-refractivity contribution in [2.45, 2.75) is 23.4 Å². The first-order valence-electron chi connectivity index (χ1n) is 8.74. The fourth-order valence-electron chi connectivity index (χ4n) is 2.75. The van der Waals surface area contributed by atoms with Crippen LogP contribution in [0.25, 0.3) is 5.65 Å². The van der Waals surface area contributed by atoms with Crippen LogP contribution in [-0.2, 0) is 11.3 Å². The number of nitrogens with one attached hydrogen (secondary N) is 1. The van der Waals surface area contributed by atoms with Gasteiger partial charge in [0, 0.05) is 21.8 Å². The number of hydrogen-bond donors (Lipinski definition) is 1. The molecular formula is C20H16BrN5O2S. The number of halogens is 1. The van der Waals surface area contributed by atoms with E-state index < -0.39 is 5.69 Å². The molecule has 2 heterocycles. The molecule has 0 saturated carbocycles. The van der Waals surface area contributed by atoms with E-state index in [9.17, 15) is 9.59 Å². The molecule has 0 radical (unpaired) electrons. The van der Waals surface area contributed by atoms with Crippen molar-refractivity contribution in [1.82, 2.24) is 19.2 Å². The Morgan fingerprint density at radius 3 is 2.76 bits per heavy atom. The van der Waals surface area contributed by atoms with Gasteiger partial charge in [0.2, 0.25) is 5.91 Å². The summed E-state index contributed by atoms with van der Waals surface area (Å²) >= 11 is 4.84. The summed E-state index contributed by atoms with van der Waals surface area (Å²) in [5.41, 5.74) is 1.73. The van der Waals surface area contributed by atoms with Crippen LogP contribution < -0.4 is 11.0 Å². The summed E-state index contributed by atoms with van der Waals surface area (Å²) in [6, 6.07) is 15.3. The Balaban J connectivity index is 1.59. The zero-order chi connectivity index (χ0) is 20.4. The van der Waals surface area contributed by atoms with E-state index in [0.717, 1.165) is 19.6 Å². The highest BCUT2D eigenvalue weighted by Crippen LogP contribution is 2.27. The number of fused-ring (bicyclic) bond motifs is 1. The highest BCUT2D eigenvalue weighted by molar-refractivity contribution is 9.10. The summed E-state index contributed by atoms with van der Waals surface area (Å²) in [4.78, 5) is 30.5. The molecule has 29 heavy (non-hydrogen) atoms. The molecule has 9 heteroatoms. The molecule has 0 unspecified atom stereocenters. The standard InChI is InChI=1S/C20H16BrN5O2S/c1-13-7-8-16(15(21)11-13)23-17(27)12-26-20(28)25-10-9-22-19(18(25)24-26)29-14-5-3-2-4-6-14/h2-11H,12H2,1H3,(H,23,27). The Labute approximate surface area is 178 Å². The molecule has 7 nitrogen and oxygen atoms in total. The first-order chi connectivity index (χ1) is 14.0. The number of carbonyl (C=O) groups is 1. The maximum absolute atomic E-state index is 12.7. The van der Waals surface area contributed by atoms with Crippen LogP contribution in [0.5, 0.6) is 0 Å². The van der Waals surface area contributed by atoms with Gasteiger partial charge in [-0.3, -0.25) is 4.79 Å². The van der Waals surface area contributed by atoms with E-state index in [1.165, 1.54) is 16.2 Å². The second-order valence-corrected chi connectivity index (χ2v) is 8.23. The lowest BCUT2D eigenvalue weighted by Gasteiger charge is -2.07. The Hall–Kier alpha value is -2.91. The highest BCUT2D eigenvalue weighted by Gasteiger charge is 2.15. The summed E-state index contributed by atoms with van der Waals surface area (Å²) in [5.74, 6) is -0.342. The average Bonchev–Trinajstić information content (AvgIpc) is 3.02. The second-order valence-electron chi connectivity index (χ2n) is 6.31. The summed E-state index contributed by atoms with van der Waals surface area (Å²) < 4.78 is 3.32. The summed E-state index contributed by atoms with van der Waals surface area (Å²) in [6.45, 7) is 1.77. The fraction of sp³-hybridized carbons (Fsp3) is 0.100. The van der Waals surface area contributed by atoms with Gasteiger partial charge in [-0.15, -0.1) is 5.10 Å². The molecule has 1 amide bonds. The molecule has 0 saturated heterocycles. The van der Waals surface area contributed by atoms with Crippen LogP contribution in [-0.4, -0.2) is 25.1 Å². The van der Waals surface area contributed by atoms with Gasteiger partial charge >= 0.3 is 5.69 Å². The molecular weight excluding hydrogens is 454 g/mol. The fourth-order valence-corrected chi connectivity index (χ4v) is 4.20. The number of rotatable bonds is 5. The Kier molecular flexibility index (Phi) is 5.50. The first-order valence-corrected chi connectivity index (χ1v) is 10.4. The summed E-state index contributed by atoms with van der Waals surface area (Å²) in [7, 11) is 0. The van der Waals surface area contributed by atoms with Gasteiger partial charge in [-0.25, -0.2) is 18.9 Å². The van der Waals surface area contributed by atoms with Crippen molar-refractivity contribution in [3.63, 3.8) is 0 Å². The molecule has 4 rings (SSSR count). The van der Waals surface area contributed by atoms with Crippen LogP contribution in [0.15, 0.2) is 80.1 Å². The number of anilines is 1. The van der Waals surface area contributed by atoms with Crippen molar-refractivity contribution < 1.29 is 4.79 Å². The van der Waals surface area contributed by atoms with Crippen LogP contribution in [0.3, 0.4) is 0 Å². The monoisotopic (exact) mass is 469 g/mol. The third-order valence-corrected chi connectivity index (χ3v) is 5.76. The smallest absolute Gasteiger partial charge is 0.323 e. The maximum Gasteiger partial charge on any atom is 0.350 e. The van der Waals surface area contributed by atoms with Crippen molar-refractivity contribution in [1.29, 1.82) is 0 Å². The average molecular weight is 470 g/mol. The SMILES string of the molecule is Cc1ccc(NC(=O)Cn2nc3c(Sc4ccccc4)nccn3c2=O)c(Br)c1. The third-order valence-electron chi connectivity index (χ3n) is 4.12. The van der Waals surface area contributed by atoms with E-state index >= 15 is 0 Å². The molecule has 0 aliphatic heterocycles. The lowest BCUT2D eigenvalue weighted by atomic mass is 10.2. The van der Waals surface area contributed by atoms with E-state index in [1.807, 2.05) is 55.5 Å². The molecule has 0 atom stereocenters. The Morgan fingerprint density at radius 2 is 2.00 bits per heavy atom. The number of carbonyl (C=O) groups excluding carboxylic acids is 1. The number of aromatic nitrogens is 4. The number of aryl methyl sites for hydroxylation is 1. The van der Waals surface area contributed by atoms with Gasteiger partial charge in [0.25, 0.3) is 0 Å². The molecule has 146 valence electrons. The second kappa shape index (κ2) is 8.22. The van der Waals surface area contributed by atoms with Crippen molar-refractivity contribution in [3.8, 4) is 0 Å². The van der Waals surface area contributed by atoms with Crippen LogP contribution >= 0.6 is 27.7 Å². The minimum absolute atomic E-state index is 0.198. The van der Waals surface area contributed by atoms with Crippen molar-refractivity contribution >= 4 is 44.9 Å². The molecule has 0 fully saturated rings. The van der Waals surface area contributed by atoms with Crippen LogP contribution in [0, 0.1) is 6.92 Å². The number of hydrogen-bond acceptors (Lipinski definition) is 5. The van der Waals surface area contributed by atoms with Gasteiger partial charge < -0.3 is 5.32 Å². The first kappa shape index (κ1) is 19.4. The van der Waals surface area contributed by atoms with Gasteiger partial charge in [-0.05, 0) is 52.7 Å². The molecule has 0 aliphatic carbocycles. The number of amides is 1. The van der Waals surface area contributed by atoms with Gasteiger partial charge in [0.1, 0.15) is 11.6 Å². The van der Waals surface area contributed by atoms with Crippen LogP contribution in [0.1, 0.15) is 5.56 Å². The van der Waals surface area contributed by atoms with E-state index in [2.05, 4.69) is 31.3 Å². The van der Waals surface area contributed by atoms with Crippen molar-refractivity contribution in [3.05, 3.63) is 81.4 Å². The number of nitrogens with zero attached hydrogens (tertiary/aromatic N) is 4. The van der Waals surface area contributed by atoms with Gasteiger partial charge in [-0.1, -0.05) is 36.0 Å². The molecule has 1 N–H and O–H groups in total. The zero-order valence-electron chi connectivity index (χ0n) is 15.4. The summed E-state index contributed by atoms with van der Waals surface area (Å²) in [6.07, 6.45) is 3.10. The third kappa shape index (κ3) is 4.25. The minimum Gasteiger partial charge on any atom is -0.323 e. The lowest BCUT2D eigenvalue weighted by molar-refractivity contribution is -0.117. The normalized spacial score (nSPS) is 11.0. The molecule has 0 bridgehead atoms. The molecule has 0 spiro atoms. The van der Waals surface area contributed by atoms with Gasteiger partial charge in [-0.2, -0.15) is 0 Å². The maximum atomic E-state index is 12.7. The molecule has 4 aromatic rings. The van der Waals surface area contributed by atoms with E-state index in [0.29, 0.717) is 16.4 Å². The van der Waals surface area contributed by atoms with Crippen LogP contribution in [0.4, 0.5) is 5.69 Å². The Morgan fingerprint density at radius 1 is 1.21 bits per heavy atom. The lowest BCUT2D eigenvalue weighted by Crippen LogP contribution is -2.28. The minimum atomic E-state index is -0.393. The van der Waals surface area contributed by atoms with Crippen molar-refractivity contribution in [2.75, 3.05) is 5.32 Å². The molecule has 2 aromatic carbocycles. The topological polar surface area (TPSA) is 81.3 Å². The largest absolute Gasteiger partial charge is 0.350 e. The van der Waals surface area contributed by atoms with Crippen LogP contribution in [0.2, 0.25) is 0 Å². The predicted octanol–water partition coefficient (Wildman–Crippen LogP) is 3.75. The molecule has 2 aromatic heterocycles. The number of benzene rings is 2. The predicted molar refractivity (Wildman–Crippen MR) is 115 cm³/mol. The van der Waals surface area contributed by atoms with E-state index in [1.54, 1.807) is 12.4 Å². The highest BCUT2D eigenvalue weighted by atomic mass is 79.9. The van der Waals surface area contributed by atoms with E-state index in [4.69, 9.17) is 0 Å². The molecule has 0 aliphatic rings. The summed E-state index contributed by atoms with van der Waals surface area (Å²) in [5, 5.41) is 7.73. The quantitative estimate of drug-likeness (QED) is 0.481. The van der Waals surface area contributed by atoms with Crippen molar-refractivity contribution in [2.24, 2.45) is 0 Å².